The van der Waals surface area contributed by atoms with Gasteiger partial charge in [-0.1, -0.05) is 13.3 Å². The van der Waals surface area contributed by atoms with Gasteiger partial charge >= 0.3 is 29.6 Å². The maximum Gasteiger partial charge on any atom is 1.00 e. The van der Waals surface area contributed by atoms with Crippen LogP contribution >= 0.6 is 0 Å². The van der Waals surface area contributed by atoms with E-state index in [0.717, 1.165) is 25.9 Å². The molecule has 0 unspecified atom stereocenters. The van der Waals surface area contributed by atoms with E-state index < -0.39 is 5.97 Å². The van der Waals surface area contributed by atoms with Gasteiger partial charge in [0.05, 0.1) is 0 Å². The van der Waals surface area contributed by atoms with Crippen LogP contribution in [-0.2, 0) is 4.79 Å². The summed E-state index contributed by atoms with van der Waals surface area (Å²) in [5.41, 5.74) is 10.3. The van der Waals surface area contributed by atoms with Gasteiger partial charge in [-0.3, -0.25) is 0 Å². The Kier molecular flexibility index (Phi) is 27.4. The van der Waals surface area contributed by atoms with Crippen LogP contribution in [0, 0.1) is 0 Å². The fourth-order valence-corrected chi connectivity index (χ4v) is 0.650. The molecule has 0 atom stereocenters. The second-order valence-corrected chi connectivity index (χ2v) is 2.80. The van der Waals surface area contributed by atoms with Crippen LogP contribution in [0.25, 0.3) is 0 Å². The van der Waals surface area contributed by atoms with E-state index in [1.54, 1.807) is 0 Å². The zero-order valence-electron chi connectivity index (χ0n) is 9.92. The first-order valence-corrected chi connectivity index (χ1v) is 4.99. The van der Waals surface area contributed by atoms with Crippen molar-refractivity contribution >= 4 is 5.97 Å². The van der Waals surface area contributed by atoms with Gasteiger partial charge in [-0.25, -0.2) is 0 Å². The summed E-state index contributed by atoms with van der Waals surface area (Å²) in [6.45, 7) is 5.08. The quantitative estimate of drug-likeness (QED) is 0.300. The summed E-state index contributed by atoms with van der Waals surface area (Å²) < 4.78 is 0. The van der Waals surface area contributed by atoms with Crippen molar-refractivity contribution in [3.05, 3.63) is 0 Å². The van der Waals surface area contributed by atoms with E-state index in [2.05, 4.69) is 5.32 Å². The Balaban J connectivity index is -0.000000180. The molecule has 0 aliphatic heterocycles. The number of nitrogens with one attached hydrogen (secondary N) is 1. The predicted octanol–water partition coefficient (Wildman–Crippen LogP) is -4.58. The molecule has 86 valence electrons. The third-order valence-corrected chi connectivity index (χ3v) is 1.38. The van der Waals surface area contributed by atoms with Crippen LogP contribution in [0.15, 0.2) is 0 Å². The smallest absolute Gasteiger partial charge is 0.550 e. The van der Waals surface area contributed by atoms with Gasteiger partial charge in [0.15, 0.2) is 0 Å². The fourth-order valence-electron chi connectivity index (χ4n) is 0.650. The Morgan fingerprint density at radius 2 is 1.73 bits per heavy atom. The van der Waals surface area contributed by atoms with Crippen LogP contribution in [0.4, 0.5) is 0 Å². The number of hydrogen-bond donors (Lipinski definition) is 3. The molecule has 0 saturated carbocycles. The van der Waals surface area contributed by atoms with Crippen molar-refractivity contribution in [2.45, 2.75) is 26.2 Å². The van der Waals surface area contributed by atoms with Crippen molar-refractivity contribution in [1.82, 2.24) is 5.32 Å². The maximum atomic E-state index is 9.65. The Morgan fingerprint density at radius 1 is 1.27 bits per heavy atom. The molecule has 0 rings (SSSR count). The summed E-state index contributed by atoms with van der Waals surface area (Å²) in [5.74, 6) is -0.943. The van der Waals surface area contributed by atoms with E-state index in [4.69, 9.17) is 11.5 Å². The predicted molar refractivity (Wildman–Crippen MR) is 55.5 cm³/mol. The number of carboxylic acid groups (broad SMARTS) is 1. The van der Waals surface area contributed by atoms with Gasteiger partial charge in [0, 0.05) is 32.1 Å². The molecule has 15 heavy (non-hydrogen) atoms. The van der Waals surface area contributed by atoms with Crippen LogP contribution in [-0.4, -0.2) is 32.1 Å². The van der Waals surface area contributed by atoms with Crippen molar-refractivity contribution in [3.8, 4) is 0 Å². The second kappa shape index (κ2) is 19.9. The topological polar surface area (TPSA) is 104 Å². The summed E-state index contributed by atoms with van der Waals surface area (Å²) >= 11 is 0. The molecule has 0 amide bonds. The molecule has 0 heterocycles. The van der Waals surface area contributed by atoms with E-state index >= 15 is 0 Å². The van der Waals surface area contributed by atoms with Gasteiger partial charge in [0.25, 0.3) is 0 Å². The molecule has 0 aromatic carbocycles. The number of carbonyl (C=O) groups excluding carboxylic acids is 1. The summed E-state index contributed by atoms with van der Waals surface area (Å²) in [5, 5.41) is 12.7. The van der Waals surface area contributed by atoms with E-state index in [-0.39, 0.29) is 36.0 Å². The molecule has 0 aromatic rings. The third-order valence-electron chi connectivity index (χ3n) is 1.38. The number of aliphatic carboxylic acids is 1. The molecule has 0 aliphatic rings. The molecule has 6 heteroatoms. The van der Waals surface area contributed by atoms with E-state index in [0.29, 0.717) is 13.1 Å². The van der Waals surface area contributed by atoms with Gasteiger partial charge < -0.3 is 26.7 Å². The first-order chi connectivity index (χ1) is 6.68. The van der Waals surface area contributed by atoms with Crippen LogP contribution in [0.1, 0.15) is 26.2 Å². The molecule has 0 aromatic heterocycles. The Bertz CT molecular complexity index is 122. The SMILES string of the molecule is CCCCC(=O)[O-].NCCNCCN.[Na+]. The standard InChI is InChI=1S/C5H10O2.C4H13N3.Na/c1-2-3-4-5(6)7;5-1-3-7-4-2-6;/h2-4H2,1H3,(H,6,7);7H,1-6H2;/q;;+1/p-1. The number of hydrogen-bond acceptors (Lipinski definition) is 5. The van der Waals surface area contributed by atoms with Crippen LogP contribution in [0.2, 0.25) is 0 Å². The largest absolute Gasteiger partial charge is 1.00 e. The number of carbonyl (C=O) groups is 1. The summed E-state index contributed by atoms with van der Waals surface area (Å²) in [7, 11) is 0. The van der Waals surface area contributed by atoms with Crippen LogP contribution in [0.5, 0.6) is 0 Å². The molecule has 5 N–H and O–H groups in total. The number of unbranched alkanes of at least 4 members (excludes halogenated alkanes) is 1. The Morgan fingerprint density at radius 3 is 1.93 bits per heavy atom. The molecular formula is C9H22N3NaO2. The average molecular weight is 227 g/mol. The molecule has 0 radical (unpaired) electrons. The minimum absolute atomic E-state index is 0. The Labute approximate surface area is 114 Å². The van der Waals surface area contributed by atoms with Gasteiger partial charge in [-0.2, -0.15) is 0 Å². The fraction of sp³-hybridized carbons (Fsp3) is 0.889. The molecule has 0 spiro atoms. The number of nitrogens with two attached hydrogens (primary N) is 2. The van der Waals surface area contributed by atoms with Gasteiger partial charge in [0.2, 0.25) is 0 Å². The van der Waals surface area contributed by atoms with Crippen molar-refractivity contribution in [1.29, 1.82) is 0 Å². The van der Waals surface area contributed by atoms with Gasteiger partial charge in [0.1, 0.15) is 0 Å². The van der Waals surface area contributed by atoms with Crippen molar-refractivity contribution in [2.75, 3.05) is 26.2 Å². The van der Waals surface area contributed by atoms with Gasteiger partial charge in [-0.05, 0) is 12.8 Å². The van der Waals surface area contributed by atoms with Gasteiger partial charge in [-0.15, -0.1) is 0 Å². The zero-order valence-corrected chi connectivity index (χ0v) is 11.9. The summed E-state index contributed by atoms with van der Waals surface area (Å²) in [6, 6.07) is 0. The maximum absolute atomic E-state index is 9.65. The molecule has 5 nitrogen and oxygen atoms in total. The molecule has 0 aliphatic carbocycles. The van der Waals surface area contributed by atoms with Crippen molar-refractivity contribution in [3.63, 3.8) is 0 Å². The first kappa shape index (κ1) is 20.7. The summed E-state index contributed by atoms with van der Waals surface area (Å²) in [6.07, 6.45) is 1.87. The average Bonchev–Trinajstić information content (AvgIpc) is 2.16. The normalized spacial score (nSPS) is 8.47. The molecule has 0 saturated heterocycles. The number of carboxylic acids is 1. The summed E-state index contributed by atoms with van der Waals surface area (Å²) in [4.78, 5) is 9.65. The van der Waals surface area contributed by atoms with Crippen LogP contribution in [0.3, 0.4) is 0 Å². The zero-order chi connectivity index (χ0) is 11.2. The van der Waals surface area contributed by atoms with Crippen molar-refractivity contribution in [2.24, 2.45) is 11.5 Å². The number of rotatable bonds is 7. The minimum atomic E-state index is -0.943. The van der Waals surface area contributed by atoms with Crippen molar-refractivity contribution < 1.29 is 39.5 Å². The Hall–Kier alpha value is 0.350. The van der Waals surface area contributed by atoms with E-state index in [1.807, 2.05) is 6.92 Å². The third kappa shape index (κ3) is 31.4. The van der Waals surface area contributed by atoms with E-state index in [1.165, 1.54) is 0 Å². The van der Waals surface area contributed by atoms with E-state index in [9.17, 15) is 9.90 Å². The second-order valence-electron chi connectivity index (χ2n) is 2.80. The first-order valence-electron chi connectivity index (χ1n) is 4.99. The molecular weight excluding hydrogens is 205 g/mol. The molecule has 0 bridgehead atoms. The monoisotopic (exact) mass is 227 g/mol. The minimum Gasteiger partial charge on any atom is -0.550 e. The molecule has 0 fully saturated rings. The van der Waals surface area contributed by atoms with Crippen LogP contribution < -0.4 is 51.4 Å².